The fraction of sp³-hybridized carbons (Fsp3) is 0.400. The first-order chi connectivity index (χ1) is 17.8. The molecule has 0 bridgehead atoms. The van der Waals surface area contributed by atoms with Gasteiger partial charge in [-0.3, -0.25) is 19.3 Å². The van der Waals surface area contributed by atoms with Crippen molar-refractivity contribution in [2.75, 3.05) is 30.4 Å². The van der Waals surface area contributed by atoms with Crippen LogP contribution in [0, 0.1) is 11.7 Å². The lowest BCUT2D eigenvalue weighted by Gasteiger charge is -2.44. The Labute approximate surface area is 214 Å². The second-order valence-corrected chi connectivity index (χ2v) is 9.42. The molecule has 0 radical (unpaired) electrons. The molecule has 1 fully saturated rings. The van der Waals surface area contributed by atoms with Crippen molar-refractivity contribution in [3.05, 3.63) is 41.2 Å². The summed E-state index contributed by atoms with van der Waals surface area (Å²) < 4.78 is 70.0. The van der Waals surface area contributed by atoms with Gasteiger partial charge in [0.1, 0.15) is 11.7 Å². The van der Waals surface area contributed by atoms with E-state index in [0.717, 1.165) is 18.4 Å². The molecule has 4 atom stereocenters. The molecule has 1 saturated heterocycles. The van der Waals surface area contributed by atoms with E-state index in [4.69, 9.17) is 0 Å². The number of anilines is 2. The second kappa shape index (κ2) is 10.2. The van der Waals surface area contributed by atoms with Crippen LogP contribution in [-0.4, -0.2) is 79.6 Å². The maximum atomic E-state index is 15.3. The summed E-state index contributed by atoms with van der Waals surface area (Å²) in [5.41, 5.74) is -1.51. The minimum Gasteiger partial charge on any atom is -0.367 e. The Hall–Kier alpha value is -3.74. The summed E-state index contributed by atoms with van der Waals surface area (Å²) in [6, 6.07) is 2.31. The van der Waals surface area contributed by atoms with Crippen LogP contribution in [0.15, 0.2) is 39.8 Å². The van der Waals surface area contributed by atoms with Crippen LogP contribution in [0.25, 0.3) is 5.57 Å². The van der Waals surface area contributed by atoms with Crippen molar-refractivity contribution >= 4 is 47.1 Å². The summed E-state index contributed by atoms with van der Waals surface area (Å²) >= 11 is 0. The highest BCUT2D eigenvalue weighted by atomic mass is 19.4. The maximum Gasteiger partial charge on any atom is 0.414 e. The Balaban J connectivity index is 1.77. The molecule has 13 heteroatoms. The van der Waals surface area contributed by atoms with Crippen molar-refractivity contribution in [3.63, 3.8) is 0 Å². The quantitative estimate of drug-likeness (QED) is 0.595. The summed E-state index contributed by atoms with van der Waals surface area (Å²) in [7, 11) is 1.93. The van der Waals surface area contributed by atoms with Gasteiger partial charge in [0.2, 0.25) is 5.91 Å². The molecule has 202 valence electrons. The molecule has 3 aliphatic rings. The molecule has 3 aliphatic heterocycles. The number of halogens is 5. The lowest BCUT2D eigenvalue weighted by atomic mass is 9.95. The van der Waals surface area contributed by atoms with Gasteiger partial charge in [0, 0.05) is 54.8 Å². The van der Waals surface area contributed by atoms with Crippen LogP contribution >= 0.6 is 0 Å². The Morgan fingerprint density at radius 2 is 1.76 bits per heavy atom. The number of aliphatic imine (C=N–C) groups is 2. The standard InChI is InChI=1S/C25H24F5N5O3/c1-12-10-35(11-13(2)34(12)3)21-7-18(26)15(14-4-19(27)24(38)32-8-14)5-20(21)33-23(37)16-9-31-22(36)6-17(16)25(28,29)30/h4-9,12-13,16,19H,10-11H2,1-3H3,(H,33,37)/t12-,13+,16?,19?. The van der Waals surface area contributed by atoms with Gasteiger partial charge >= 0.3 is 6.18 Å². The van der Waals surface area contributed by atoms with Gasteiger partial charge in [0.25, 0.3) is 11.8 Å². The van der Waals surface area contributed by atoms with Crippen molar-refractivity contribution in [3.8, 4) is 0 Å². The number of piperazine rings is 1. The fourth-order valence-electron chi connectivity index (χ4n) is 4.55. The highest BCUT2D eigenvalue weighted by molar-refractivity contribution is 6.18. The molecular weight excluding hydrogens is 513 g/mol. The predicted molar refractivity (Wildman–Crippen MR) is 131 cm³/mol. The van der Waals surface area contributed by atoms with E-state index in [1.165, 1.54) is 6.07 Å². The van der Waals surface area contributed by atoms with E-state index in [1.807, 2.05) is 20.9 Å². The number of dihydropyridines is 2. The Kier molecular flexibility index (Phi) is 7.33. The van der Waals surface area contributed by atoms with E-state index in [1.54, 1.807) is 4.90 Å². The zero-order valence-corrected chi connectivity index (χ0v) is 20.6. The summed E-state index contributed by atoms with van der Waals surface area (Å²) in [4.78, 5) is 46.6. The van der Waals surface area contributed by atoms with Crippen LogP contribution in [-0.2, 0) is 14.4 Å². The Morgan fingerprint density at radius 1 is 1.11 bits per heavy atom. The van der Waals surface area contributed by atoms with Crippen LogP contribution in [0.1, 0.15) is 19.4 Å². The number of nitrogens with zero attached hydrogens (tertiary/aromatic N) is 4. The van der Waals surface area contributed by atoms with Crippen LogP contribution in [0.2, 0.25) is 0 Å². The number of likely N-dealkylation sites (N-methyl/N-ethyl adjacent to an activating group) is 1. The molecule has 2 unspecified atom stereocenters. The van der Waals surface area contributed by atoms with Crippen LogP contribution in [0.5, 0.6) is 0 Å². The van der Waals surface area contributed by atoms with Crippen molar-refractivity contribution < 1.29 is 36.3 Å². The SMILES string of the molecule is C[C@@H]1CN(c2cc(F)c(C3=CC(F)C(=O)N=C3)cc2NC(=O)C2C=NC(=O)C=C2C(F)(F)F)C[C@H](C)N1C. The third-order valence-corrected chi connectivity index (χ3v) is 6.82. The van der Waals surface area contributed by atoms with E-state index < -0.39 is 47.4 Å². The smallest absolute Gasteiger partial charge is 0.367 e. The minimum absolute atomic E-state index is 0.0211. The molecule has 8 nitrogen and oxygen atoms in total. The van der Waals surface area contributed by atoms with Crippen LogP contribution in [0.3, 0.4) is 0 Å². The number of amides is 3. The third kappa shape index (κ3) is 5.42. The van der Waals surface area contributed by atoms with E-state index in [9.17, 15) is 31.9 Å². The van der Waals surface area contributed by atoms with E-state index >= 15 is 4.39 Å². The number of benzene rings is 1. The number of allylic oxidation sites excluding steroid dienone is 1. The van der Waals surface area contributed by atoms with Crippen LogP contribution in [0.4, 0.5) is 33.3 Å². The van der Waals surface area contributed by atoms with E-state index in [2.05, 4.69) is 20.2 Å². The monoisotopic (exact) mass is 537 g/mol. The first-order valence-electron chi connectivity index (χ1n) is 11.7. The lowest BCUT2D eigenvalue weighted by molar-refractivity contribution is -0.124. The number of hydrogen-bond donors (Lipinski definition) is 1. The van der Waals surface area contributed by atoms with Gasteiger partial charge < -0.3 is 10.2 Å². The number of hydrogen-bond acceptors (Lipinski definition) is 5. The van der Waals surface area contributed by atoms with Gasteiger partial charge in [0.05, 0.1) is 16.9 Å². The van der Waals surface area contributed by atoms with Gasteiger partial charge in [-0.25, -0.2) is 18.8 Å². The van der Waals surface area contributed by atoms with Crippen molar-refractivity contribution in [2.24, 2.45) is 15.9 Å². The normalized spacial score (nSPS) is 26.4. The molecule has 4 rings (SSSR count). The molecular formula is C25H24F5N5O3. The number of alkyl halides is 4. The zero-order valence-electron chi connectivity index (χ0n) is 20.6. The van der Waals surface area contributed by atoms with Crippen LogP contribution < -0.4 is 10.2 Å². The molecule has 3 heterocycles. The largest absolute Gasteiger partial charge is 0.414 e. The average molecular weight is 537 g/mol. The molecule has 3 amide bonds. The molecule has 0 aromatic heterocycles. The van der Waals surface area contributed by atoms with E-state index in [-0.39, 0.29) is 40.7 Å². The van der Waals surface area contributed by atoms with Gasteiger partial charge in [0.15, 0.2) is 6.17 Å². The van der Waals surface area contributed by atoms with Gasteiger partial charge in [-0.2, -0.15) is 13.2 Å². The molecule has 0 aliphatic carbocycles. The summed E-state index contributed by atoms with van der Waals surface area (Å²) in [6.07, 6.45) is -4.36. The summed E-state index contributed by atoms with van der Waals surface area (Å²) in [6.45, 7) is 4.73. The summed E-state index contributed by atoms with van der Waals surface area (Å²) in [5.74, 6) is -6.09. The molecule has 1 N–H and O–H groups in total. The number of rotatable bonds is 4. The summed E-state index contributed by atoms with van der Waals surface area (Å²) in [5, 5.41) is 2.43. The molecule has 1 aromatic carbocycles. The van der Waals surface area contributed by atoms with Crippen molar-refractivity contribution in [1.82, 2.24) is 4.90 Å². The molecule has 0 saturated carbocycles. The minimum atomic E-state index is -4.98. The maximum absolute atomic E-state index is 15.3. The van der Waals surface area contributed by atoms with Crippen molar-refractivity contribution in [2.45, 2.75) is 38.3 Å². The highest BCUT2D eigenvalue weighted by Gasteiger charge is 2.43. The topological polar surface area (TPSA) is 94.4 Å². The Bertz CT molecular complexity index is 1290. The fourth-order valence-corrected chi connectivity index (χ4v) is 4.55. The highest BCUT2D eigenvalue weighted by Crippen LogP contribution is 2.37. The number of carbonyl (C=O) groups is 3. The number of carbonyl (C=O) groups excluding carboxylic acids is 3. The lowest BCUT2D eigenvalue weighted by Crippen LogP contribution is -2.55. The van der Waals surface area contributed by atoms with E-state index in [0.29, 0.717) is 19.3 Å². The average Bonchev–Trinajstić information content (AvgIpc) is 2.84. The first-order valence-corrected chi connectivity index (χ1v) is 11.7. The van der Waals surface area contributed by atoms with Crippen molar-refractivity contribution in [1.29, 1.82) is 0 Å². The molecule has 38 heavy (non-hydrogen) atoms. The van der Waals surface area contributed by atoms with Gasteiger partial charge in [-0.1, -0.05) is 0 Å². The third-order valence-electron chi connectivity index (χ3n) is 6.82. The molecule has 1 aromatic rings. The van der Waals surface area contributed by atoms with Gasteiger partial charge in [-0.05, 0) is 39.1 Å². The number of nitrogens with one attached hydrogen (secondary N) is 1. The zero-order chi connectivity index (χ0) is 27.9. The predicted octanol–water partition coefficient (Wildman–Crippen LogP) is 3.34. The second-order valence-electron chi connectivity index (χ2n) is 9.42. The Morgan fingerprint density at radius 3 is 2.37 bits per heavy atom. The first kappa shape index (κ1) is 27.3. The molecule has 0 spiro atoms. The van der Waals surface area contributed by atoms with Gasteiger partial charge in [-0.15, -0.1) is 0 Å².